The van der Waals surface area contributed by atoms with Gasteiger partial charge in [0.15, 0.2) is 0 Å². The summed E-state index contributed by atoms with van der Waals surface area (Å²) in [4.78, 5) is 12.6. The van der Waals surface area contributed by atoms with E-state index >= 15 is 0 Å². The number of anilines is 2. The normalized spacial score (nSPS) is 19.8. The van der Waals surface area contributed by atoms with Gasteiger partial charge in [0.1, 0.15) is 11.4 Å². The van der Waals surface area contributed by atoms with Crippen molar-refractivity contribution in [2.45, 2.75) is 25.3 Å². The Labute approximate surface area is 105 Å². The van der Waals surface area contributed by atoms with Crippen LogP contribution in [0.25, 0.3) is 0 Å². The van der Waals surface area contributed by atoms with Gasteiger partial charge in [0.25, 0.3) is 0 Å². The van der Waals surface area contributed by atoms with E-state index in [9.17, 15) is 15.2 Å². The van der Waals surface area contributed by atoms with Gasteiger partial charge in [-0.25, -0.2) is 0 Å². The maximum Gasteiger partial charge on any atom is 0.315 e. The van der Waals surface area contributed by atoms with Crippen LogP contribution in [0.4, 0.5) is 17.1 Å². The fourth-order valence-corrected chi connectivity index (χ4v) is 2.49. The van der Waals surface area contributed by atoms with Crippen LogP contribution in [0, 0.1) is 10.1 Å². The molecule has 0 aromatic heterocycles. The lowest BCUT2D eigenvalue weighted by atomic mass is 10.0. The molecule has 1 aromatic carbocycles. The van der Waals surface area contributed by atoms with Crippen molar-refractivity contribution in [2.24, 2.45) is 0 Å². The Morgan fingerprint density at radius 1 is 1.50 bits per heavy atom. The van der Waals surface area contributed by atoms with E-state index in [2.05, 4.69) is 0 Å². The monoisotopic (exact) mass is 251 g/mol. The maximum absolute atomic E-state index is 11.1. The molecule has 1 heterocycles. The van der Waals surface area contributed by atoms with E-state index in [0.717, 1.165) is 25.8 Å². The highest BCUT2D eigenvalue weighted by Crippen LogP contribution is 2.36. The van der Waals surface area contributed by atoms with Crippen LogP contribution in [-0.4, -0.2) is 29.2 Å². The molecule has 2 rings (SSSR count). The molecule has 98 valence electrons. The van der Waals surface area contributed by atoms with Gasteiger partial charge < -0.3 is 15.7 Å². The van der Waals surface area contributed by atoms with Crippen molar-refractivity contribution < 1.29 is 10.0 Å². The maximum atomic E-state index is 11.1. The highest BCUT2D eigenvalue weighted by Gasteiger charge is 2.28. The Morgan fingerprint density at radius 3 is 2.94 bits per heavy atom. The number of nitrogens with zero attached hydrogens (tertiary/aromatic N) is 2. The second-order valence-electron chi connectivity index (χ2n) is 4.50. The van der Waals surface area contributed by atoms with Gasteiger partial charge in [-0.05, 0) is 31.4 Å². The molecule has 0 saturated carbocycles. The lowest BCUT2D eigenvalue weighted by Gasteiger charge is -2.36. The highest BCUT2D eigenvalue weighted by atomic mass is 16.6. The summed E-state index contributed by atoms with van der Waals surface area (Å²) in [5.41, 5.74) is 6.31. The zero-order chi connectivity index (χ0) is 13.1. The van der Waals surface area contributed by atoms with Gasteiger partial charge in [0, 0.05) is 6.54 Å². The number of nitro benzene ring substituents is 1. The van der Waals surface area contributed by atoms with E-state index in [1.165, 1.54) is 6.07 Å². The van der Waals surface area contributed by atoms with E-state index in [-0.39, 0.29) is 24.0 Å². The first-order valence-electron chi connectivity index (χ1n) is 6.05. The number of hydrogen-bond donors (Lipinski definition) is 2. The van der Waals surface area contributed by atoms with Crippen LogP contribution in [0.1, 0.15) is 19.3 Å². The van der Waals surface area contributed by atoms with Gasteiger partial charge in [-0.3, -0.25) is 10.1 Å². The van der Waals surface area contributed by atoms with Crippen LogP contribution in [-0.2, 0) is 0 Å². The van der Waals surface area contributed by atoms with Crippen LogP contribution >= 0.6 is 0 Å². The third-order valence-electron chi connectivity index (χ3n) is 3.38. The Morgan fingerprint density at radius 2 is 2.28 bits per heavy atom. The van der Waals surface area contributed by atoms with E-state index < -0.39 is 4.92 Å². The molecule has 1 atom stereocenters. The molecule has 18 heavy (non-hydrogen) atoms. The van der Waals surface area contributed by atoms with Crippen molar-refractivity contribution in [3.8, 4) is 0 Å². The van der Waals surface area contributed by atoms with Gasteiger partial charge in [-0.15, -0.1) is 0 Å². The van der Waals surface area contributed by atoms with Gasteiger partial charge in [0.2, 0.25) is 0 Å². The fraction of sp³-hybridized carbons (Fsp3) is 0.500. The number of nitrogen functional groups attached to an aromatic ring is 1. The highest BCUT2D eigenvalue weighted by molar-refractivity contribution is 5.75. The first-order chi connectivity index (χ1) is 8.65. The second kappa shape index (κ2) is 5.22. The third kappa shape index (κ3) is 2.24. The number of nitro groups is 1. The fourth-order valence-electron chi connectivity index (χ4n) is 2.49. The Kier molecular flexibility index (Phi) is 3.66. The molecule has 1 saturated heterocycles. The van der Waals surface area contributed by atoms with Crippen molar-refractivity contribution >= 4 is 17.1 Å². The minimum Gasteiger partial charge on any atom is -0.394 e. The van der Waals surface area contributed by atoms with Gasteiger partial charge in [-0.2, -0.15) is 0 Å². The molecule has 0 amide bonds. The number of aliphatic hydroxyl groups is 1. The quantitative estimate of drug-likeness (QED) is 0.483. The predicted molar refractivity (Wildman–Crippen MR) is 69.6 cm³/mol. The van der Waals surface area contributed by atoms with Crippen LogP contribution < -0.4 is 10.6 Å². The van der Waals surface area contributed by atoms with Crippen LogP contribution in [0.3, 0.4) is 0 Å². The molecule has 6 nitrogen and oxygen atoms in total. The van der Waals surface area contributed by atoms with Crippen molar-refractivity contribution in [1.29, 1.82) is 0 Å². The third-order valence-corrected chi connectivity index (χ3v) is 3.38. The minimum absolute atomic E-state index is 0.00591. The first kappa shape index (κ1) is 12.6. The standard InChI is InChI=1S/C12H17N3O3/c13-10-5-3-6-11(12(10)15(17)18)14-7-2-1-4-9(14)8-16/h3,5-6,9,16H,1-2,4,7-8,13H2. The van der Waals surface area contributed by atoms with E-state index in [0.29, 0.717) is 5.69 Å². The van der Waals surface area contributed by atoms with Crippen LogP contribution in [0.5, 0.6) is 0 Å². The number of piperidine rings is 1. The van der Waals surface area contributed by atoms with Crippen molar-refractivity contribution in [3.05, 3.63) is 28.3 Å². The number of para-hydroxylation sites is 1. The number of nitrogens with two attached hydrogens (primary N) is 1. The summed E-state index contributed by atoms with van der Waals surface area (Å²) in [6.07, 6.45) is 2.86. The molecule has 6 heteroatoms. The Hall–Kier alpha value is -1.82. The summed E-state index contributed by atoms with van der Waals surface area (Å²) >= 11 is 0. The number of aliphatic hydroxyl groups excluding tert-OH is 1. The molecular weight excluding hydrogens is 234 g/mol. The summed E-state index contributed by atoms with van der Waals surface area (Å²) in [7, 11) is 0. The molecule has 0 bridgehead atoms. The van der Waals surface area contributed by atoms with E-state index in [4.69, 9.17) is 5.73 Å². The largest absolute Gasteiger partial charge is 0.394 e. The Balaban J connectivity index is 2.42. The molecule has 1 fully saturated rings. The topological polar surface area (TPSA) is 92.6 Å². The molecule has 0 aliphatic carbocycles. The molecule has 1 aliphatic heterocycles. The molecule has 0 radical (unpaired) electrons. The average molecular weight is 251 g/mol. The molecule has 1 unspecified atom stereocenters. The zero-order valence-electron chi connectivity index (χ0n) is 10.1. The molecule has 3 N–H and O–H groups in total. The van der Waals surface area contributed by atoms with Crippen molar-refractivity contribution in [2.75, 3.05) is 23.8 Å². The number of benzene rings is 1. The summed E-state index contributed by atoms with van der Waals surface area (Å²) in [5.74, 6) is 0. The van der Waals surface area contributed by atoms with Crippen LogP contribution in [0.2, 0.25) is 0 Å². The lowest BCUT2D eigenvalue weighted by molar-refractivity contribution is -0.383. The summed E-state index contributed by atoms with van der Waals surface area (Å²) < 4.78 is 0. The van der Waals surface area contributed by atoms with Crippen LogP contribution in [0.15, 0.2) is 18.2 Å². The summed E-state index contributed by atoms with van der Waals surface area (Å²) in [6, 6.07) is 4.88. The molecule has 1 aliphatic rings. The second-order valence-corrected chi connectivity index (χ2v) is 4.50. The van der Waals surface area contributed by atoms with Gasteiger partial charge >= 0.3 is 5.69 Å². The number of rotatable bonds is 3. The molecule has 1 aromatic rings. The predicted octanol–water partition coefficient (Wildman–Crippen LogP) is 1.53. The lowest BCUT2D eigenvalue weighted by Crippen LogP contribution is -2.42. The van der Waals surface area contributed by atoms with Crippen molar-refractivity contribution in [3.63, 3.8) is 0 Å². The Bertz CT molecular complexity index is 450. The molecule has 0 spiro atoms. The SMILES string of the molecule is Nc1cccc(N2CCCCC2CO)c1[N+](=O)[O-]. The average Bonchev–Trinajstić information content (AvgIpc) is 2.38. The smallest absolute Gasteiger partial charge is 0.315 e. The molecular formula is C12H17N3O3. The van der Waals surface area contributed by atoms with Gasteiger partial charge in [-0.1, -0.05) is 6.07 Å². The van der Waals surface area contributed by atoms with E-state index in [1.807, 2.05) is 4.90 Å². The van der Waals surface area contributed by atoms with Crippen molar-refractivity contribution in [1.82, 2.24) is 0 Å². The van der Waals surface area contributed by atoms with Gasteiger partial charge in [0.05, 0.1) is 17.6 Å². The number of hydrogen-bond acceptors (Lipinski definition) is 5. The summed E-state index contributed by atoms with van der Waals surface area (Å²) in [5, 5.41) is 20.5. The minimum atomic E-state index is -0.451. The van der Waals surface area contributed by atoms with E-state index in [1.54, 1.807) is 12.1 Å². The zero-order valence-corrected chi connectivity index (χ0v) is 10.1. The summed E-state index contributed by atoms with van der Waals surface area (Å²) in [6.45, 7) is 0.724. The first-order valence-corrected chi connectivity index (χ1v) is 6.05.